The van der Waals surface area contributed by atoms with E-state index in [1.165, 1.54) is 30.9 Å². The fourth-order valence-electron chi connectivity index (χ4n) is 1.65. The molecule has 1 aromatic heterocycles. The number of rotatable bonds is 2. The molecule has 0 saturated carbocycles. The Morgan fingerprint density at radius 3 is 3.23 bits per heavy atom. The molecule has 1 saturated heterocycles. The van der Waals surface area contributed by atoms with Crippen molar-refractivity contribution in [1.82, 2.24) is 19.7 Å². The minimum Gasteiger partial charge on any atom is -0.355 e. The molecule has 0 spiro atoms. The van der Waals surface area contributed by atoms with Gasteiger partial charge < -0.3 is 10.2 Å². The topological polar surface area (TPSA) is 53.9 Å². The highest BCUT2D eigenvalue weighted by molar-refractivity contribution is 7.09. The highest BCUT2D eigenvalue weighted by Crippen LogP contribution is 2.14. The van der Waals surface area contributed by atoms with Gasteiger partial charge >= 0.3 is 0 Å². The molecular weight excluding hydrogens is 186 g/mol. The van der Waals surface area contributed by atoms with Gasteiger partial charge in [-0.15, -0.1) is 0 Å². The Labute approximate surface area is 81.3 Å². The van der Waals surface area contributed by atoms with Crippen molar-refractivity contribution in [2.75, 3.05) is 25.5 Å². The number of nitrogens with one attached hydrogen (secondary N) is 1. The van der Waals surface area contributed by atoms with Gasteiger partial charge in [-0.1, -0.05) is 9.59 Å². The first-order valence-corrected chi connectivity index (χ1v) is 5.22. The van der Waals surface area contributed by atoms with Crippen LogP contribution >= 0.6 is 11.5 Å². The van der Waals surface area contributed by atoms with Crippen LogP contribution in [0.4, 0.5) is 5.13 Å². The highest BCUT2D eigenvalue weighted by atomic mass is 32.1. The summed E-state index contributed by atoms with van der Waals surface area (Å²) in [6.45, 7) is 2.28. The maximum atomic E-state index is 3.86. The van der Waals surface area contributed by atoms with Gasteiger partial charge in [-0.2, -0.15) is 0 Å². The number of anilines is 1. The Morgan fingerprint density at radius 1 is 1.62 bits per heavy atom. The maximum absolute atomic E-state index is 3.86. The Hall–Kier alpha value is -0.750. The molecule has 0 aromatic carbocycles. The SMILES string of the molecule is CN1CCCC(Nc2nnns2)C1. The first kappa shape index (κ1) is 8.83. The Balaban J connectivity index is 1.87. The lowest BCUT2D eigenvalue weighted by atomic mass is 10.1. The maximum Gasteiger partial charge on any atom is 0.225 e. The number of nitrogens with zero attached hydrogens (tertiary/aromatic N) is 4. The molecule has 1 fully saturated rings. The summed E-state index contributed by atoms with van der Waals surface area (Å²) >= 11 is 1.32. The molecule has 6 heteroatoms. The lowest BCUT2D eigenvalue weighted by molar-refractivity contribution is 0.261. The van der Waals surface area contributed by atoms with Gasteiger partial charge in [0.1, 0.15) is 0 Å². The quantitative estimate of drug-likeness (QED) is 0.749. The van der Waals surface area contributed by atoms with Gasteiger partial charge in [0.25, 0.3) is 0 Å². The van der Waals surface area contributed by atoms with Crippen molar-refractivity contribution in [3.05, 3.63) is 0 Å². The summed E-state index contributed by atoms with van der Waals surface area (Å²) in [5.74, 6) is 0. The molecule has 1 atom stereocenters. The zero-order valence-electron chi connectivity index (χ0n) is 7.60. The minimum absolute atomic E-state index is 0.508. The average molecular weight is 199 g/mol. The molecule has 1 N–H and O–H groups in total. The molecule has 0 bridgehead atoms. The molecule has 2 heterocycles. The fraction of sp³-hybridized carbons (Fsp3) is 0.857. The van der Waals surface area contributed by atoms with E-state index in [1.807, 2.05) is 0 Å². The van der Waals surface area contributed by atoms with Gasteiger partial charge in [-0.3, -0.25) is 0 Å². The predicted octanol–water partition coefficient (Wildman–Crippen LogP) is 0.439. The van der Waals surface area contributed by atoms with Gasteiger partial charge in [-0.25, -0.2) is 0 Å². The summed E-state index contributed by atoms with van der Waals surface area (Å²) < 4.78 is 3.71. The van der Waals surface area contributed by atoms with Crippen LogP contribution in [-0.2, 0) is 0 Å². The molecular formula is C7H13N5S. The van der Waals surface area contributed by atoms with Crippen LogP contribution < -0.4 is 5.32 Å². The zero-order chi connectivity index (χ0) is 9.10. The Bertz CT molecular complexity index is 249. The highest BCUT2D eigenvalue weighted by Gasteiger charge is 2.17. The third-order valence-corrected chi connectivity index (χ3v) is 2.78. The van der Waals surface area contributed by atoms with Crippen LogP contribution in [0.3, 0.4) is 0 Å². The molecule has 0 radical (unpaired) electrons. The third kappa shape index (κ3) is 2.35. The molecule has 13 heavy (non-hydrogen) atoms. The molecule has 0 amide bonds. The lowest BCUT2D eigenvalue weighted by Crippen LogP contribution is -2.39. The van der Waals surface area contributed by atoms with Gasteiger partial charge in [0.2, 0.25) is 5.13 Å². The monoisotopic (exact) mass is 199 g/mol. The third-order valence-electron chi connectivity index (χ3n) is 2.25. The van der Waals surface area contributed by atoms with Crippen molar-refractivity contribution in [3.8, 4) is 0 Å². The Morgan fingerprint density at radius 2 is 2.54 bits per heavy atom. The van der Waals surface area contributed by atoms with Crippen LogP contribution in [0, 0.1) is 0 Å². The van der Waals surface area contributed by atoms with Crippen molar-refractivity contribution < 1.29 is 0 Å². The van der Waals surface area contributed by atoms with Crippen LogP contribution in [0.15, 0.2) is 0 Å². The zero-order valence-corrected chi connectivity index (χ0v) is 8.42. The molecule has 2 rings (SSSR count). The molecule has 1 aliphatic heterocycles. The molecule has 0 aliphatic carbocycles. The summed E-state index contributed by atoms with van der Waals surface area (Å²) in [5.41, 5.74) is 0. The number of hydrogen-bond acceptors (Lipinski definition) is 6. The van der Waals surface area contributed by atoms with E-state index in [0.29, 0.717) is 6.04 Å². The van der Waals surface area contributed by atoms with Gasteiger partial charge in [0, 0.05) is 24.1 Å². The summed E-state index contributed by atoms with van der Waals surface area (Å²) in [6, 6.07) is 0.508. The van der Waals surface area contributed by atoms with Crippen LogP contribution in [0.5, 0.6) is 0 Å². The summed E-state index contributed by atoms with van der Waals surface area (Å²) in [5, 5.41) is 11.6. The van der Waals surface area contributed by atoms with Crippen molar-refractivity contribution in [1.29, 1.82) is 0 Å². The second-order valence-corrected chi connectivity index (χ2v) is 4.15. The standard InChI is InChI=1S/C7H13N5S/c1-12-4-2-3-6(5-12)8-7-9-10-11-13-7/h6H,2-5H2,1H3,(H,8,9,11). The molecule has 1 aliphatic rings. The molecule has 5 nitrogen and oxygen atoms in total. The normalized spacial score (nSPS) is 24.5. The van der Waals surface area contributed by atoms with E-state index in [-0.39, 0.29) is 0 Å². The molecule has 72 valence electrons. The van der Waals surface area contributed by atoms with E-state index < -0.39 is 0 Å². The number of hydrogen-bond donors (Lipinski definition) is 1. The van der Waals surface area contributed by atoms with Crippen LogP contribution in [0.25, 0.3) is 0 Å². The molecule has 1 unspecified atom stereocenters. The van der Waals surface area contributed by atoms with Crippen LogP contribution in [0.2, 0.25) is 0 Å². The van der Waals surface area contributed by atoms with E-state index in [0.717, 1.165) is 11.7 Å². The van der Waals surface area contributed by atoms with E-state index in [2.05, 4.69) is 32.1 Å². The smallest absolute Gasteiger partial charge is 0.225 e. The minimum atomic E-state index is 0.508. The summed E-state index contributed by atoms with van der Waals surface area (Å²) in [7, 11) is 2.15. The van der Waals surface area contributed by atoms with Crippen LogP contribution in [-0.4, -0.2) is 45.9 Å². The Kier molecular flexibility index (Phi) is 2.70. The predicted molar refractivity (Wildman–Crippen MR) is 51.8 cm³/mol. The largest absolute Gasteiger partial charge is 0.355 e. The van der Waals surface area contributed by atoms with Gasteiger partial charge in [-0.05, 0) is 31.6 Å². The number of likely N-dealkylation sites (tertiary alicyclic amines) is 1. The lowest BCUT2D eigenvalue weighted by Gasteiger charge is -2.29. The van der Waals surface area contributed by atoms with Gasteiger partial charge in [0.15, 0.2) is 0 Å². The average Bonchev–Trinajstić information content (AvgIpc) is 2.57. The second kappa shape index (κ2) is 3.97. The van der Waals surface area contributed by atoms with E-state index in [4.69, 9.17) is 0 Å². The van der Waals surface area contributed by atoms with Crippen LogP contribution in [0.1, 0.15) is 12.8 Å². The van der Waals surface area contributed by atoms with Crippen molar-refractivity contribution in [2.24, 2.45) is 0 Å². The number of likely N-dealkylation sites (N-methyl/N-ethyl adjacent to an activating group) is 1. The first-order valence-electron chi connectivity index (χ1n) is 4.45. The van der Waals surface area contributed by atoms with Crippen molar-refractivity contribution >= 4 is 16.7 Å². The van der Waals surface area contributed by atoms with Gasteiger partial charge in [0.05, 0.1) is 0 Å². The second-order valence-electron chi connectivity index (χ2n) is 3.41. The van der Waals surface area contributed by atoms with Crippen molar-refractivity contribution in [2.45, 2.75) is 18.9 Å². The summed E-state index contributed by atoms with van der Waals surface area (Å²) in [4.78, 5) is 2.33. The summed E-state index contributed by atoms with van der Waals surface area (Å²) in [6.07, 6.45) is 2.46. The van der Waals surface area contributed by atoms with E-state index >= 15 is 0 Å². The van der Waals surface area contributed by atoms with E-state index in [9.17, 15) is 0 Å². The fourth-order valence-corrected chi connectivity index (χ4v) is 2.09. The van der Waals surface area contributed by atoms with E-state index in [1.54, 1.807) is 0 Å². The number of piperidine rings is 1. The number of aromatic nitrogens is 3. The first-order chi connectivity index (χ1) is 6.34. The van der Waals surface area contributed by atoms with Crippen molar-refractivity contribution in [3.63, 3.8) is 0 Å². The molecule has 1 aromatic rings.